The number of nitrogens with one attached hydrogen (secondary N) is 2. The number of hydrogen-bond donors (Lipinski definition) is 2. The van der Waals surface area contributed by atoms with Crippen LogP contribution in [0.3, 0.4) is 0 Å². The van der Waals surface area contributed by atoms with Crippen LogP contribution in [0.1, 0.15) is 99.4 Å². The fourth-order valence-corrected chi connectivity index (χ4v) is 6.20. The molecule has 3 atom stereocenters. The summed E-state index contributed by atoms with van der Waals surface area (Å²) in [5.41, 5.74) is 1.81. The highest BCUT2D eigenvalue weighted by atomic mass is 32.2. The molecule has 0 aliphatic heterocycles. The molecule has 1 amide bonds. The molecule has 0 aromatic carbocycles. The van der Waals surface area contributed by atoms with Gasteiger partial charge in [-0.15, -0.1) is 4.72 Å². The van der Waals surface area contributed by atoms with E-state index in [-0.39, 0.29) is 43.2 Å². The maximum atomic E-state index is 14.0. The number of amides is 1. The molecule has 43 heavy (non-hydrogen) atoms. The molecule has 2 N–H and O–H groups in total. The summed E-state index contributed by atoms with van der Waals surface area (Å²) in [4.78, 5) is 17.9. The second-order valence-corrected chi connectivity index (χ2v) is 14.6. The molecule has 5 rings (SSSR count). The zero-order valence-electron chi connectivity index (χ0n) is 24.2. The van der Waals surface area contributed by atoms with Crippen LogP contribution in [0.5, 0.6) is 0 Å². The van der Waals surface area contributed by atoms with E-state index in [1.807, 2.05) is 26.8 Å². The highest BCUT2D eigenvalue weighted by Crippen LogP contribution is 2.43. The van der Waals surface area contributed by atoms with Crippen molar-refractivity contribution in [2.24, 2.45) is 11.8 Å². The molecular weight excluding hydrogens is 593 g/mol. The average molecular weight is 630 g/mol. The molecule has 0 spiro atoms. The summed E-state index contributed by atoms with van der Waals surface area (Å²) in [5.74, 6) is -3.40. The van der Waals surface area contributed by atoms with Crippen molar-refractivity contribution < 1.29 is 31.3 Å². The van der Waals surface area contributed by atoms with Crippen molar-refractivity contribution in [3.05, 3.63) is 47.7 Å². The van der Waals surface area contributed by atoms with E-state index >= 15 is 0 Å². The zero-order valence-corrected chi connectivity index (χ0v) is 25.0. The first-order valence-electron chi connectivity index (χ1n) is 14.4. The van der Waals surface area contributed by atoms with Crippen LogP contribution >= 0.6 is 0 Å². The molecule has 3 aromatic rings. The smallest absolute Gasteiger partial charge is 0.390 e. The van der Waals surface area contributed by atoms with Gasteiger partial charge in [0.25, 0.3) is 5.91 Å². The standard InChI is InChI=1S/C28H36F5N7O2S/c1-26(2,3)43(42)38-23(17-4-5-17)19-12-22-36-21(16-40(22)35-13-19)24(18-6-8-27(29,30)9-7-18)37-25(41)20-14-34-39(15-20)11-10-28(31,32)33/h12-18,23-24,38H,4-11H2,1-3H3,(H,37,41)/t23?,24-,43?/m0/s1. The van der Waals surface area contributed by atoms with Crippen LogP contribution in [0, 0.1) is 11.8 Å². The summed E-state index contributed by atoms with van der Waals surface area (Å²) >= 11 is -1.30. The van der Waals surface area contributed by atoms with Gasteiger partial charge in [-0.25, -0.2) is 18.3 Å². The molecule has 236 valence electrons. The van der Waals surface area contributed by atoms with Crippen LogP contribution < -0.4 is 10.0 Å². The van der Waals surface area contributed by atoms with Crippen LogP contribution in [0.25, 0.3) is 5.65 Å². The number of halogens is 5. The average Bonchev–Trinajstić information content (AvgIpc) is 3.48. The van der Waals surface area contributed by atoms with E-state index in [1.54, 1.807) is 16.9 Å². The molecule has 2 fully saturated rings. The molecular formula is C28H36F5N7O2S. The highest BCUT2D eigenvalue weighted by molar-refractivity contribution is 7.90. The number of aromatic nitrogens is 5. The topological polar surface area (TPSA) is 112 Å². The second kappa shape index (κ2) is 12.0. The lowest BCUT2D eigenvalue weighted by molar-refractivity contribution is -0.137. The third-order valence-electron chi connectivity index (χ3n) is 7.96. The molecule has 2 aliphatic rings. The van der Waals surface area contributed by atoms with Gasteiger partial charge >= 0.3 is 6.18 Å². The summed E-state index contributed by atoms with van der Waals surface area (Å²) < 4.78 is 84.2. The minimum Gasteiger partial charge on any atom is -0.598 e. The minimum atomic E-state index is -4.36. The second-order valence-electron chi connectivity index (χ2n) is 12.6. The minimum absolute atomic E-state index is 0.0580. The molecule has 9 nitrogen and oxygen atoms in total. The lowest BCUT2D eigenvalue weighted by Gasteiger charge is -2.33. The first-order valence-corrected chi connectivity index (χ1v) is 15.5. The van der Waals surface area contributed by atoms with E-state index in [9.17, 15) is 31.3 Å². The number of carbonyl (C=O) groups is 1. The fourth-order valence-electron chi connectivity index (χ4n) is 5.29. The van der Waals surface area contributed by atoms with Gasteiger partial charge < -0.3 is 9.87 Å². The van der Waals surface area contributed by atoms with Gasteiger partial charge in [-0.2, -0.15) is 23.4 Å². The highest BCUT2D eigenvalue weighted by Gasteiger charge is 2.41. The van der Waals surface area contributed by atoms with E-state index in [0.717, 1.165) is 23.1 Å². The van der Waals surface area contributed by atoms with E-state index in [1.165, 1.54) is 12.4 Å². The number of alkyl halides is 5. The molecule has 2 saturated carbocycles. The zero-order chi connectivity index (χ0) is 31.2. The van der Waals surface area contributed by atoms with Crippen molar-refractivity contribution in [1.82, 2.24) is 34.4 Å². The number of aryl methyl sites for hydroxylation is 1. The van der Waals surface area contributed by atoms with Crippen LogP contribution in [0.15, 0.2) is 30.9 Å². The Morgan fingerprint density at radius 1 is 1.07 bits per heavy atom. The van der Waals surface area contributed by atoms with Crippen molar-refractivity contribution in [3.63, 3.8) is 0 Å². The van der Waals surface area contributed by atoms with Crippen molar-refractivity contribution in [2.75, 3.05) is 0 Å². The van der Waals surface area contributed by atoms with Crippen LogP contribution in [-0.4, -0.2) is 51.7 Å². The van der Waals surface area contributed by atoms with Gasteiger partial charge in [0.05, 0.1) is 48.4 Å². The fraction of sp³-hybridized carbons (Fsp3) is 0.643. The van der Waals surface area contributed by atoms with Crippen molar-refractivity contribution in [1.29, 1.82) is 0 Å². The predicted octanol–water partition coefficient (Wildman–Crippen LogP) is 5.68. The van der Waals surface area contributed by atoms with Gasteiger partial charge in [-0.1, -0.05) is 0 Å². The van der Waals surface area contributed by atoms with Gasteiger partial charge in [0, 0.05) is 36.9 Å². The Hall–Kier alpha value is -2.78. The molecule has 3 aromatic heterocycles. The van der Waals surface area contributed by atoms with E-state index < -0.39 is 53.1 Å². The first kappa shape index (κ1) is 31.6. The third kappa shape index (κ3) is 8.04. The van der Waals surface area contributed by atoms with Crippen molar-refractivity contribution in [3.8, 4) is 0 Å². The van der Waals surface area contributed by atoms with Crippen molar-refractivity contribution >= 4 is 22.9 Å². The summed E-state index contributed by atoms with van der Waals surface area (Å²) in [6.45, 7) is 5.25. The van der Waals surface area contributed by atoms with Crippen LogP contribution in [0.2, 0.25) is 0 Å². The van der Waals surface area contributed by atoms with Gasteiger partial charge in [0.2, 0.25) is 5.92 Å². The number of rotatable bonds is 10. The van der Waals surface area contributed by atoms with Gasteiger partial charge in [-0.05, 0) is 69.9 Å². The Morgan fingerprint density at radius 2 is 1.74 bits per heavy atom. The quantitative estimate of drug-likeness (QED) is 0.221. The first-order chi connectivity index (χ1) is 20.1. The van der Waals surface area contributed by atoms with Gasteiger partial charge in [0.15, 0.2) is 5.65 Å². The summed E-state index contributed by atoms with van der Waals surface area (Å²) in [7, 11) is 0. The third-order valence-corrected chi connectivity index (χ3v) is 9.54. The molecule has 0 saturated heterocycles. The molecule has 0 bridgehead atoms. The lowest BCUT2D eigenvalue weighted by atomic mass is 9.81. The Balaban J connectivity index is 1.39. The van der Waals surface area contributed by atoms with Crippen molar-refractivity contribution in [2.45, 2.75) is 101 Å². The summed E-state index contributed by atoms with van der Waals surface area (Å²) in [5, 5.41) is 11.3. The monoisotopic (exact) mass is 629 g/mol. The Kier molecular flexibility index (Phi) is 8.80. The SMILES string of the molecule is CC(C)(C)[S+]([O-])NC(c1cnn2cc([C@@H](NC(=O)c3cnn(CCC(F)(F)F)c3)C3CCC(F)(F)CC3)nc2c1)C1CC1. The number of nitrogens with zero attached hydrogens (tertiary/aromatic N) is 5. The number of imidazole rings is 1. The molecule has 2 aliphatic carbocycles. The van der Waals surface area contributed by atoms with E-state index in [2.05, 4.69) is 20.2 Å². The predicted molar refractivity (Wildman–Crippen MR) is 149 cm³/mol. The summed E-state index contributed by atoms with van der Waals surface area (Å²) in [6.07, 6.45) is 1.96. The van der Waals surface area contributed by atoms with E-state index in [4.69, 9.17) is 4.98 Å². The maximum absolute atomic E-state index is 14.0. The molecule has 3 heterocycles. The number of carbonyl (C=O) groups excluding carboxylic acids is 1. The molecule has 15 heteroatoms. The van der Waals surface area contributed by atoms with Crippen LogP contribution in [0.4, 0.5) is 22.0 Å². The number of hydrogen-bond acceptors (Lipinski definition) is 6. The Labute approximate surface area is 249 Å². The van der Waals surface area contributed by atoms with E-state index in [0.29, 0.717) is 17.3 Å². The molecule has 2 unspecified atom stereocenters. The number of fused-ring (bicyclic) bond motifs is 1. The van der Waals surface area contributed by atoms with Gasteiger partial charge in [-0.3, -0.25) is 9.48 Å². The molecule has 0 radical (unpaired) electrons. The maximum Gasteiger partial charge on any atom is 0.390 e. The Bertz CT molecular complexity index is 1420. The Morgan fingerprint density at radius 3 is 2.37 bits per heavy atom. The lowest BCUT2D eigenvalue weighted by Crippen LogP contribution is -2.41. The van der Waals surface area contributed by atoms with Gasteiger partial charge in [0.1, 0.15) is 4.75 Å². The largest absolute Gasteiger partial charge is 0.598 e. The summed E-state index contributed by atoms with van der Waals surface area (Å²) in [6, 6.07) is 0.936. The van der Waals surface area contributed by atoms with Crippen LogP contribution in [-0.2, 0) is 17.9 Å². The normalized spacial score (nSPS) is 20.2.